The van der Waals surface area contributed by atoms with Crippen molar-refractivity contribution in [3.8, 4) is 0 Å². The highest BCUT2D eigenvalue weighted by Gasteiger charge is 2.23. The van der Waals surface area contributed by atoms with Crippen molar-refractivity contribution in [2.24, 2.45) is 0 Å². The highest BCUT2D eigenvalue weighted by atomic mass is 32.2. The maximum Gasteiger partial charge on any atom is 0.175 e. The Labute approximate surface area is 136 Å². The van der Waals surface area contributed by atoms with Gasteiger partial charge in [0.25, 0.3) is 0 Å². The van der Waals surface area contributed by atoms with E-state index in [1.54, 1.807) is 24.3 Å². The summed E-state index contributed by atoms with van der Waals surface area (Å²) in [6.45, 7) is 0. The van der Waals surface area contributed by atoms with Crippen LogP contribution in [-0.2, 0) is 14.6 Å². The van der Waals surface area contributed by atoms with E-state index in [2.05, 4.69) is 0 Å². The summed E-state index contributed by atoms with van der Waals surface area (Å²) in [6, 6.07) is 16.6. The Morgan fingerprint density at radius 3 is 2.00 bits per heavy atom. The standard InChI is InChI=1S/C19H18O3S/c1-23(21,22)16-12-10-15(11-13-16)19(14-6-3-2-4-7-14)17-8-5-9-18(17)20/h2-4,6-7,10-13H,5,8-9H2,1H3/b19-17+. The molecule has 118 valence electrons. The molecule has 0 saturated heterocycles. The Morgan fingerprint density at radius 1 is 0.870 bits per heavy atom. The molecule has 0 N–H and O–H groups in total. The summed E-state index contributed by atoms with van der Waals surface area (Å²) in [5.41, 5.74) is 3.65. The molecule has 3 rings (SSSR count). The molecule has 0 unspecified atom stereocenters. The summed E-state index contributed by atoms with van der Waals surface area (Å²) >= 11 is 0. The van der Waals surface area contributed by atoms with E-state index in [-0.39, 0.29) is 10.7 Å². The van der Waals surface area contributed by atoms with Gasteiger partial charge < -0.3 is 0 Å². The zero-order chi connectivity index (χ0) is 16.4. The smallest absolute Gasteiger partial charge is 0.175 e. The number of ketones is 1. The van der Waals surface area contributed by atoms with Gasteiger partial charge in [0.1, 0.15) is 0 Å². The van der Waals surface area contributed by atoms with Gasteiger partial charge in [-0.25, -0.2) is 8.42 Å². The lowest BCUT2D eigenvalue weighted by molar-refractivity contribution is -0.114. The first-order chi connectivity index (χ1) is 11.0. The lowest BCUT2D eigenvalue weighted by Gasteiger charge is -2.12. The number of hydrogen-bond donors (Lipinski definition) is 0. The van der Waals surface area contributed by atoms with E-state index < -0.39 is 9.84 Å². The number of benzene rings is 2. The van der Waals surface area contributed by atoms with E-state index in [0.29, 0.717) is 6.42 Å². The summed E-state index contributed by atoms with van der Waals surface area (Å²) in [6.07, 6.45) is 3.44. The molecule has 23 heavy (non-hydrogen) atoms. The van der Waals surface area contributed by atoms with Crippen molar-refractivity contribution in [1.29, 1.82) is 0 Å². The molecule has 3 nitrogen and oxygen atoms in total. The molecular formula is C19H18O3S. The van der Waals surface area contributed by atoms with Gasteiger partial charge in [-0.05, 0) is 41.7 Å². The fourth-order valence-corrected chi connectivity index (χ4v) is 3.60. The van der Waals surface area contributed by atoms with E-state index in [0.717, 1.165) is 35.1 Å². The molecule has 0 radical (unpaired) electrons. The lowest BCUT2D eigenvalue weighted by atomic mass is 9.92. The molecule has 0 aromatic heterocycles. The Kier molecular flexibility index (Phi) is 4.18. The average molecular weight is 326 g/mol. The molecule has 0 heterocycles. The fraction of sp³-hybridized carbons (Fsp3) is 0.211. The van der Waals surface area contributed by atoms with Crippen LogP contribution < -0.4 is 0 Å². The van der Waals surface area contributed by atoms with E-state index in [4.69, 9.17) is 0 Å². The number of carbonyl (C=O) groups excluding carboxylic acids is 1. The topological polar surface area (TPSA) is 51.2 Å². The minimum atomic E-state index is -3.22. The first-order valence-electron chi connectivity index (χ1n) is 7.59. The van der Waals surface area contributed by atoms with Gasteiger partial charge in [0.15, 0.2) is 15.6 Å². The molecule has 0 atom stereocenters. The molecule has 4 heteroatoms. The predicted molar refractivity (Wildman–Crippen MR) is 90.9 cm³/mol. The molecule has 0 aliphatic heterocycles. The number of sulfone groups is 1. The zero-order valence-electron chi connectivity index (χ0n) is 13.0. The van der Waals surface area contributed by atoms with Crippen molar-refractivity contribution in [3.63, 3.8) is 0 Å². The van der Waals surface area contributed by atoms with Crippen LogP contribution >= 0.6 is 0 Å². The summed E-state index contributed by atoms with van der Waals surface area (Å²) in [4.78, 5) is 12.5. The van der Waals surface area contributed by atoms with Crippen LogP contribution in [0.25, 0.3) is 5.57 Å². The van der Waals surface area contributed by atoms with E-state index in [9.17, 15) is 13.2 Å². The van der Waals surface area contributed by atoms with Crippen molar-refractivity contribution < 1.29 is 13.2 Å². The van der Waals surface area contributed by atoms with Crippen molar-refractivity contribution in [2.45, 2.75) is 24.2 Å². The van der Waals surface area contributed by atoms with Crippen LogP contribution in [0.15, 0.2) is 65.1 Å². The van der Waals surface area contributed by atoms with Crippen molar-refractivity contribution >= 4 is 21.2 Å². The van der Waals surface area contributed by atoms with Crippen molar-refractivity contribution in [3.05, 3.63) is 71.3 Å². The van der Waals surface area contributed by atoms with Gasteiger partial charge in [-0.3, -0.25) is 4.79 Å². The third-order valence-corrected chi connectivity index (χ3v) is 5.23. The van der Waals surface area contributed by atoms with Gasteiger partial charge in [-0.15, -0.1) is 0 Å². The van der Waals surface area contributed by atoms with E-state index in [1.165, 1.54) is 6.26 Å². The van der Waals surface area contributed by atoms with Crippen LogP contribution in [0.2, 0.25) is 0 Å². The Morgan fingerprint density at radius 2 is 1.48 bits per heavy atom. The van der Waals surface area contributed by atoms with Crippen molar-refractivity contribution in [2.75, 3.05) is 6.26 Å². The minimum Gasteiger partial charge on any atom is -0.295 e. The van der Waals surface area contributed by atoms with Crippen LogP contribution in [0.5, 0.6) is 0 Å². The van der Waals surface area contributed by atoms with E-state index in [1.807, 2.05) is 30.3 Å². The van der Waals surface area contributed by atoms with Gasteiger partial charge >= 0.3 is 0 Å². The van der Waals surface area contributed by atoms with Crippen LogP contribution in [-0.4, -0.2) is 20.5 Å². The molecule has 0 bridgehead atoms. The average Bonchev–Trinajstić information content (AvgIpc) is 2.94. The third-order valence-electron chi connectivity index (χ3n) is 4.10. The molecule has 0 spiro atoms. The second-order valence-electron chi connectivity index (χ2n) is 5.79. The molecule has 2 aromatic carbocycles. The fourth-order valence-electron chi connectivity index (χ4n) is 2.97. The molecule has 2 aromatic rings. The van der Waals surface area contributed by atoms with Crippen LogP contribution in [0, 0.1) is 0 Å². The molecule has 1 saturated carbocycles. The zero-order valence-corrected chi connectivity index (χ0v) is 13.8. The Hall–Kier alpha value is -2.20. The first kappa shape index (κ1) is 15.7. The quantitative estimate of drug-likeness (QED) is 0.809. The number of rotatable bonds is 3. The van der Waals surface area contributed by atoms with Gasteiger partial charge in [0.2, 0.25) is 0 Å². The highest BCUT2D eigenvalue weighted by Crippen LogP contribution is 2.34. The second-order valence-corrected chi connectivity index (χ2v) is 7.81. The number of carbonyl (C=O) groups is 1. The van der Waals surface area contributed by atoms with Gasteiger partial charge in [0.05, 0.1) is 4.90 Å². The molecule has 1 aliphatic carbocycles. The monoisotopic (exact) mass is 326 g/mol. The van der Waals surface area contributed by atoms with Gasteiger partial charge in [0, 0.05) is 18.2 Å². The third kappa shape index (κ3) is 3.27. The summed E-state index contributed by atoms with van der Waals surface area (Å²) in [5, 5.41) is 0. The van der Waals surface area contributed by atoms with Crippen LogP contribution in [0.1, 0.15) is 30.4 Å². The van der Waals surface area contributed by atoms with Gasteiger partial charge in [-0.1, -0.05) is 42.5 Å². The molecule has 1 aliphatic rings. The Balaban J connectivity index is 2.16. The van der Waals surface area contributed by atoms with Crippen LogP contribution in [0.4, 0.5) is 0 Å². The predicted octanol–water partition coefficient (Wildman–Crippen LogP) is 3.65. The largest absolute Gasteiger partial charge is 0.295 e. The lowest BCUT2D eigenvalue weighted by Crippen LogP contribution is -2.01. The number of Topliss-reactive ketones (excluding diaryl/α,β-unsaturated/α-hetero) is 1. The SMILES string of the molecule is CS(=O)(=O)c1ccc(/C(=C2\CCCC2=O)c2ccccc2)cc1. The maximum atomic E-state index is 12.2. The minimum absolute atomic E-state index is 0.191. The number of hydrogen-bond acceptors (Lipinski definition) is 3. The normalized spacial score (nSPS) is 17.3. The summed E-state index contributed by atoms with van der Waals surface area (Å²) < 4.78 is 23.3. The highest BCUT2D eigenvalue weighted by molar-refractivity contribution is 7.90. The Bertz CT molecular complexity index is 861. The van der Waals surface area contributed by atoms with Gasteiger partial charge in [-0.2, -0.15) is 0 Å². The summed E-state index contributed by atoms with van der Waals surface area (Å²) in [7, 11) is -3.22. The van der Waals surface area contributed by atoms with Crippen LogP contribution in [0.3, 0.4) is 0 Å². The first-order valence-corrected chi connectivity index (χ1v) is 9.48. The maximum absolute atomic E-state index is 12.2. The second kappa shape index (κ2) is 6.13. The molecular weight excluding hydrogens is 308 g/mol. The molecule has 0 amide bonds. The molecule has 1 fully saturated rings. The number of allylic oxidation sites excluding steroid dienone is 1. The summed E-state index contributed by atoms with van der Waals surface area (Å²) in [5.74, 6) is 0.191. The van der Waals surface area contributed by atoms with E-state index >= 15 is 0 Å². The van der Waals surface area contributed by atoms with Crippen molar-refractivity contribution in [1.82, 2.24) is 0 Å².